The highest BCUT2D eigenvalue weighted by Gasteiger charge is 2.14. The van der Waals surface area contributed by atoms with Gasteiger partial charge in [-0.3, -0.25) is 4.79 Å². The van der Waals surface area contributed by atoms with Crippen LogP contribution in [-0.4, -0.2) is 26.3 Å². The third kappa shape index (κ3) is 2.27. The fourth-order valence-electron chi connectivity index (χ4n) is 1.49. The number of carbonyl (C=O) groups is 1. The molecule has 0 fully saturated rings. The molecule has 80 valence electrons. The number of ether oxygens (including phenoxy) is 3. The first-order chi connectivity index (χ1) is 7.29. The van der Waals surface area contributed by atoms with E-state index in [2.05, 4.69) is 0 Å². The summed E-state index contributed by atoms with van der Waals surface area (Å²) in [6, 6.07) is 5.51. The smallest absolute Gasteiger partial charge is 0.231 e. The molecule has 4 nitrogen and oxygen atoms in total. The van der Waals surface area contributed by atoms with Gasteiger partial charge in [0.15, 0.2) is 17.3 Å². The topological polar surface area (TPSA) is 44.8 Å². The van der Waals surface area contributed by atoms with E-state index in [1.165, 1.54) is 7.11 Å². The van der Waals surface area contributed by atoms with Crippen molar-refractivity contribution in [1.82, 2.24) is 0 Å². The van der Waals surface area contributed by atoms with Crippen molar-refractivity contribution in [2.24, 2.45) is 0 Å². The third-order valence-corrected chi connectivity index (χ3v) is 2.14. The Bertz CT molecular complexity index is 373. The monoisotopic (exact) mass is 208 g/mol. The number of ketones is 1. The Labute approximate surface area is 87.8 Å². The van der Waals surface area contributed by atoms with Crippen LogP contribution in [0.2, 0.25) is 0 Å². The van der Waals surface area contributed by atoms with Crippen LogP contribution in [0.4, 0.5) is 0 Å². The van der Waals surface area contributed by atoms with E-state index in [4.69, 9.17) is 14.2 Å². The molecule has 0 saturated carbocycles. The number of Topliss-reactive ketones (excluding diaryl/α,β-unsaturated/α-hetero) is 1. The lowest BCUT2D eigenvalue weighted by Crippen LogP contribution is -2.09. The molecule has 0 atom stereocenters. The molecule has 0 aromatic heterocycles. The van der Waals surface area contributed by atoms with E-state index in [0.717, 1.165) is 11.3 Å². The van der Waals surface area contributed by atoms with Gasteiger partial charge >= 0.3 is 0 Å². The molecule has 0 amide bonds. The minimum Gasteiger partial charge on any atom is -0.454 e. The zero-order valence-electron chi connectivity index (χ0n) is 8.49. The molecule has 0 radical (unpaired) electrons. The van der Waals surface area contributed by atoms with E-state index in [1.807, 2.05) is 18.2 Å². The van der Waals surface area contributed by atoms with E-state index in [9.17, 15) is 4.79 Å². The summed E-state index contributed by atoms with van der Waals surface area (Å²) in [7, 11) is 1.51. The molecule has 1 aliphatic rings. The maximum atomic E-state index is 11.3. The van der Waals surface area contributed by atoms with E-state index < -0.39 is 0 Å². The Hall–Kier alpha value is -1.55. The fraction of sp³-hybridized carbons (Fsp3) is 0.364. The average Bonchev–Trinajstić information content (AvgIpc) is 2.65. The van der Waals surface area contributed by atoms with Crippen LogP contribution in [0.25, 0.3) is 0 Å². The van der Waals surface area contributed by atoms with E-state index >= 15 is 0 Å². The predicted octanol–water partition coefficient (Wildman–Crippen LogP) is 1.17. The second kappa shape index (κ2) is 4.31. The van der Waals surface area contributed by atoms with Gasteiger partial charge in [-0.2, -0.15) is 0 Å². The molecule has 1 aromatic rings. The molecule has 2 rings (SSSR count). The largest absolute Gasteiger partial charge is 0.454 e. The number of hydrogen-bond acceptors (Lipinski definition) is 4. The van der Waals surface area contributed by atoms with Crippen LogP contribution >= 0.6 is 0 Å². The van der Waals surface area contributed by atoms with Gasteiger partial charge in [-0.05, 0) is 17.7 Å². The second-order valence-electron chi connectivity index (χ2n) is 3.34. The molecule has 0 spiro atoms. The zero-order valence-corrected chi connectivity index (χ0v) is 8.49. The molecular formula is C11H12O4. The minimum atomic E-state index is 0.0522. The first kappa shape index (κ1) is 9.98. The summed E-state index contributed by atoms with van der Waals surface area (Å²) >= 11 is 0. The van der Waals surface area contributed by atoms with Gasteiger partial charge in [0.2, 0.25) is 6.79 Å². The summed E-state index contributed by atoms with van der Waals surface area (Å²) in [5.41, 5.74) is 0.918. The van der Waals surface area contributed by atoms with Crippen molar-refractivity contribution in [3.63, 3.8) is 0 Å². The van der Waals surface area contributed by atoms with Crippen molar-refractivity contribution in [3.8, 4) is 11.5 Å². The van der Waals surface area contributed by atoms with Crippen molar-refractivity contribution >= 4 is 5.78 Å². The normalized spacial score (nSPS) is 12.9. The number of hydrogen-bond donors (Lipinski definition) is 0. The Balaban J connectivity index is 2.06. The van der Waals surface area contributed by atoms with Gasteiger partial charge < -0.3 is 14.2 Å². The first-order valence-electron chi connectivity index (χ1n) is 4.69. The maximum Gasteiger partial charge on any atom is 0.231 e. The first-order valence-corrected chi connectivity index (χ1v) is 4.69. The number of carbonyl (C=O) groups excluding carboxylic acids is 1. The fourth-order valence-corrected chi connectivity index (χ4v) is 1.49. The lowest BCUT2D eigenvalue weighted by Gasteiger charge is -2.01. The molecule has 0 aliphatic carbocycles. The minimum absolute atomic E-state index is 0.0522. The molecule has 1 aliphatic heterocycles. The molecule has 0 N–H and O–H groups in total. The Kier molecular flexibility index (Phi) is 2.87. The van der Waals surface area contributed by atoms with E-state index in [1.54, 1.807) is 0 Å². The summed E-state index contributed by atoms with van der Waals surface area (Å²) < 4.78 is 15.2. The number of rotatable bonds is 4. The summed E-state index contributed by atoms with van der Waals surface area (Å²) in [4.78, 5) is 11.3. The average molecular weight is 208 g/mol. The molecule has 4 heteroatoms. The van der Waals surface area contributed by atoms with Crippen LogP contribution in [0.15, 0.2) is 18.2 Å². The Morgan fingerprint density at radius 1 is 1.40 bits per heavy atom. The van der Waals surface area contributed by atoms with Gasteiger partial charge in [-0.15, -0.1) is 0 Å². The molecule has 0 saturated heterocycles. The summed E-state index contributed by atoms with van der Waals surface area (Å²) in [5, 5.41) is 0. The van der Waals surface area contributed by atoms with E-state index in [-0.39, 0.29) is 19.2 Å². The van der Waals surface area contributed by atoms with Crippen LogP contribution in [0.1, 0.15) is 5.56 Å². The van der Waals surface area contributed by atoms with Crippen LogP contribution in [0.5, 0.6) is 11.5 Å². The number of fused-ring (bicyclic) bond motifs is 1. The van der Waals surface area contributed by atoms with Gasteiger partial charge in [0.05, 0.1) is 0 Å². The van der Waals surface area contributed by atoms with Crippen molar-refractivity contribution in [3.05, 3.63) is 23.8 Å². The molecule has 0 unspecified atom stereocenters. The standard InChI is InChI=1S/C11H12O4/c1-13-6-9(12)4-8-2-3-10-11(5-8)15-7-14-10/h2-3,5H,4,6-7H2,1H3. The van der Waals surface area contributed by atoms with Gasteiger partial charge in [0, 0.05) is 13.5 Å². The van der Waals surface area contributed by atoms with Gasteiger partial charge in [0.25, 0.3) is 0 Å². The number of benzene rings is 1. The van der Waals surface area contributed by atoms with Crippen molar-refractivity contribution in [2.45, 2.75) is 6.42 Å². The van der Waals surface area contributed by atoms with Crippen molar-refractivity contribution in [1.29, 1.82) is 0 Å². The summed E-state index contributed by atoms with van der Waals surface area (Å²) in [6.07, 6.45) is 0.366. The molecule has 15 heavy (non-hydrogen) atoms. The molecular weight excluding hydrogens is 196 g/mol. The van der Waals surface area contributed by atoms with Crippen molar-refractivity contribution in [2.75, 3.05) is 20.5 Å². The van der Waals surface area contributed by atoms with E-state index in [0.29, 0.717) is 12.2 Å². The van der Waals surface area contributed by atoms with Crippen LogP contribution in [-0.2, 0) is 16.0 Å². The SMILES string of the molecule is COCC(=O)Cc1ccc2c(c1)OCO2. The van der Waals surface area contributed by atoms with Crippen LogP contribution in [0, 0.1) is 0 Å². The molecule has 0 bridgehead atoms. The van der Waals surface area contributed by atoms with Gasteiger partial charge in [-0.1, -0.05) is 6.07 Å². The summed E-state index contributed by atoms with van der Waals surface area (Å²) in [6.45, 7) is 0.402. The molecule has 1 aromatic carbocycles. The lowest BCUT2D eigenvalue weighted by molar-refractivity contribution is -0.121. The van der Waals surface area contributed by atoms with Crippen molar-refractivity contribution < 1.29 is 19.0 Å². The van der Waals surface area contributed by atoms with Crippen LogP contribution < -0.4 is 9.47 Å². The molecule has 1 heterocycles. The quantitative estimate of drug-likeness (QED) is 0.745. The second-order valence-corrected chi connectivity index (χ2v) is 3.34. The van der Waals surface area contributed by atoms with Crippen LogP contribution in [0.3, 0.4) is 0 Å². The van der Waals surface area contributed by atoms with Gasteiger partial charge in [0.1, 0.15) is 6.61 Å². The highest BCUT2D eigenvalue weighted by atomic mass is 16.7. The highest BCUT2D eigenvalue weighted by Crippen LogP contribution is 2.32. The highest BCUT2D eigenvalue weighted by molar-refractivity contribution is 5.82. The maximum absolute atomic E-state index is 11.3. The predicted molar refractivity (Wildman–Crippen MR) is 53.2 cm³/mol. The van der Waals surface area contributed by atoms with Gasteiger partial charge in [-0.25, -0.2) is 0 Å². The number of methoxy groups -OCH3 is 1. The third-order valence-electron chi connectivity index (χ3n) is 2.14. The summed E-state index contributed by atoms with van der Waals surface area (Å²) in [5.74, 6) is 1.49. The Morgan fingerprint density at radius 2 is 2.20 bits per heavy atom. The Morgan fingerprint density at radius 3 is 3.00 bits per heavy atom. The zero-order chi connectivity index (χ0) is 10.7. The lowest BCUT2D eigenvalue weighted by atomic mass is 10.1.